The lowest BCUT2D eigenvalue weighted by Gasteiger charge is -2.22. The molecule has 1 rings (SSSR count). The van der Waals surface area contributed by atoms with Gasteiger partial charge in [-0.25, -0.2) is 9.78 Å². The number of aromatic nitrogens is 2. The summed E-state index contributed by atoms with van der Waals surface area (Å²) in [4.78, 5) is 76.5. The number of carboxylic acid groups (broad SMARTS) is 2. The third-order valence-corrected chi connectivity index (χ3v) is 4.12. The van der Waals surface area contributed by atoms with Crippen LogP contribution < -0.4 is 27.4 Å². The number of carboxylic acids is 2. The molecular formula is C17H25N7O8. The first-order chi connectivity index (χ1) is 14.9. The van der Waals surface area contributed by atoms with Crippen LogP contribution in [-0.2, 0) is 35.2 Å². The number of nitrogens with zero attached hydrogens (tertiary/aromatic N) is 1. The van der Waals surface area contributed by atoms with Gasteiger partial charge in [-0.15, -0.1) is 0 Å². The molecule has 4 atom stereocenters. The molecule has 15 heteroatoms. The van der Waals surface area contributed by atoms with Gasteiger partial charge in [-0.3, -0.25) is 24.0 Å². The Balaban J connectivity index is 2.77. The van der Waals surface area contributed by atoms with Gasteiger partial charge >= 0.3 is 11.9 Å². The molecule has 0 aliphatic carbocycles. The first-order valence-electron chi connectivity index (χ1n) is 9.27. The van der Waals surface area contributed by atoms with E-state index in [9.17, 15) is 33.9 Å². The predicted octanol–water partition coefficient (Wildman–Crippen LogP) is -3.81. The molecule has 0 aliphatic heterocycles. The molecule has 0 saturated heterocycles. The van der Waals surface area contributed by atoms with E-state index in [2.05, 4.69) is 25.9 Å². The average Bonchev–Trinajstić information content (AvgIpc) is 3.18. The summed E-state index contributed by atoms with van der Waals surface area (Å²) in [6.07, 6.45) is 1.27. The zero-order chi connectivity index (χ0) is 24.4. The molecule has 0 fully saturated rings. The van der Waals surface area contributed by atoms with Crippen molar-refractivity contribution in [2.45, 2.75) is 50.4 Å². The van der Waals surface area contributed by atoms with E-state index in [1.807, 2.05) is 0 Å². The Morgan fingerprint density at radius 2 is 1.62 bits per heavy atom. The number of carbonyl (C=O) groups excluding carboxylic acids is 4. The van der Waals surface area contributed by atoms with Crippen molar-refractivity contribution in [2.75, 3.05) is 0 Å². The summed E-state index contributed by atoms with van der Waals surface area (Å²) >= 11 is 0. The highest BCUT2D eigenvalue weighted by Crippen LogP contribution is 2.01. The molecule has 0 aromatic carbocycles. The first kappa shape index (κ1) is 26.0. The minimum atomic E-state index is -1.53. The predicted molar refractivity (Wildman–Crippen MR) is 105 cm³/mol. The van der Waals surface area contributed by atoms with Gasteiger partial charge in [-0.05, 0) is 6.92 Å². The number of hydrogen-bond acceptors (Lipinski definition) is 8. The number of imidazole rings is 1. The minimum absolute atomic E-state index is 0.0937. The molecule has 0 aliphatic rings. The van der Waals surface area contributed by atoms with Crippen LogP contribution in [0.1, 0.15) is 25.5 Å². The zero-order valence-corrected chi connectivity index (χ0v) is 17.0. The Morgan fingerprint density at radius 3 is 2.12 bits per heavy atom. The highest BCUT2D eigenvalue weighted by atomic mass is 16.4. The van der Waals surface area contributed by atoms with E-state index in [1.165, 1.54) is 19.4 Å². The number of nitrogens with one attached hydrogen (secondary N) is 4. The lowest BCUT2D eigenvalue weighted by Crippen LogP contribution is -2.57. The van der Waals surface area contributed by atoms with Gasteiger partial charge < -0.3 is 42.6 Å². The van der Waals surface area contributed by atoms with E-state index in [4.69, 9.17) is 16.6 Å². The summed E-state index contributed by atoms with van der Waals surface area (Å²) in [5, 5.41) is 24.6. The van der Waals surface area contributed by atoms with Gasteiger partial charge in [-0.2, -0.15) is 0 Å². The Bertz CT molecular complexity index is 857. The molecule has 4 unspecified atom stereocenters. The van der Waals surface area contributed by atoms with Gasteiger partial charge in [0.1, 0.15) is 18.1 Å². The monoisotopic (exact) mass is 455 g/mol. The largest absolute Gasteiger partial charge is 0.481 e. The van der Waals surface area contributed by atoms with Crippen molar-refractivity contribution in [3.05, 3.63) is 18.2 Å². The van der Waals surface area contributed by atoms with Gasteiger partial charge in [0.2, 0.25) is 23.6 Å². The number of aromatic amines is 1. The van der Waals surface area contributed by atoms with Crippen molar-refractivity contribution >= 4 is 35.6 Å². The molecular weight excluding hydrogens is 430 g/mol. The Morgan fingerprint density at radius 1 is 1.00 bits per heavy atom. The van der Waals surface area contributed by atoms with E-state index < -0.39 is 72.6 Å². The molecule has 1 aromatic heterocycles. The second-order valence-electron chi connectivity index (χ2n) is 6.85. The molecule has 0 spiro atoms. The second kappa shape index (κ2) is 12.0. The minimum Gasteiger partial charge on any atom is -0.481 e. The van der Waals surface area contributed by atoms with Crippen LogP contribution in [0.2, 0.25) is 0 Å². The van der Waals surface area contributed by atoms with E-state index in [0.717, 1.165) is 0 Å². The van der Waals surface area contributed by atoms with Crippen LogP contribution in [-0.4, -0.2) is 79.9 Å². The Labute approximate surface area is 181 Å². The summed E-state index contributed by atoms with van der Waals surface area (Å²) in [7, 11) is 0. The van der Waals surface area contributed by atoms with Crippen molar-refractivity contribution in [2.24, 2.45) is 11.5 Å². The Kier molecular flexibility index (Phi) is 9.75. The van der Waals surface area contributed by atoms with Crippen LogP contribution >= 0.6 is 0 Å². The fourth-order valence-corrected chi connectivity index (χ4v) is 2.46. The fourth-order valence-electron chi connectivity index (χ4n) is 2.46. The molecule has 10 N–H and O–H groups in total. The SMILES string of the molecule is CC(NC(=O)C(CC(N)=O)NC(=O)C(N)CC(=O)O)C(=O)NC(Cc1cnc[nH]1)C(=O)O. The molecule has 1 heterocycles. The summed E-state index contributed by atoms with van der Waals surface area (Å²) in [5.41, 5.74) is 10.9. The highest BCUT2D eigenvalue weighted by Gasteiger charge is 2.30. The molecule has 0 radical (unpaired) electrons. The number of rotatable bonds is 13. The van der Waals surface area contributed by atoms with Gasteiger partial charge in [0.15, 0.2) is 0 Å². The van der Waals surface area contributed by atoms with Crippen molar-refractivity contribution in [3.8, 4) is 0 Å². The highest BCUT2D eigenvalue weighted by molar-refractivity contribution is 5.96. The molecule has 0 saturated carbocycles. The molecule has 32 heavy (non-hydrogen) atoms. The number of primary amides is 1. The molecule has 4 amide bonds. The van der Waals surface area contributed by atoms with E-state index in [0.29, 0.717) is 5.69 Å². The Hall–Kier alpha value is -4.01. The normalized spacial score (nSPS) is 14.3. The van der Waals surface area contributed by atoms with Crippen molar-refractivity contribution in [1.82, 2.24) is 25.9 Å². The summed E-state index contributed by atoms with van der Waals surface area (Å²) in [6.45, 7) is 1.25. The first-order valence-corrected chi connectivity index (χ1v) is 9.27. The molecule has 0 bridgehead atoms. The fraction of sp³-hybridized carbons (Fsp3) is 0.471. The van der Waals surface area contributed by atoms with E-state index >= 15 is 0 Å². The second-order valence-corrected chi connectivity index (χ2v) is 6.85. The van der Waals surface area contributed by atoms with Gasteiger partial charge in [0, 0.05) is 18.3 Å². The third-order valence-electron chi connectivity index (χ3n) is 4.12. The summed E-state index contributed by atoms with van der Waals surface area (Å²) in [5.74, 6) is -6.48. The van der Waals surface area contributed by atoms with Gasteiger partial charge in [-0.1, -0.05) is 0 Å². The number of carbonyl (C=O) groups is 6. The van der Waals surface area contributed by atoms with Crippen LogP contribution in [0.25, 0.3) is 0 Å². The lowest BCUT2D eigenvalue weighted by molar-refractivity contribution is -0.142. The van der Waals surface area contributed by atoms with Gasteiger partial charge in [0.25, 0.3) is 0 Å². The standard InChI is InChI=1S/C17H25N7O8/c1-7(14(28)24-11(17(31)32)2-8-5-20-6-21-8)22-16(30)10(4-12(19)25)23-15(29)9(18)3-13(26)27/h5-7,9-11H,2-4,18H2,1H3,(H2,19,25)(H,20,21)(H,22,30)(H,23,29)(H,24,28)(H,26,27)(H,31,32). The lowest BCUT2D eigenvalue weighted by atomic mass is 10.1. The maximum absolute atomic E-state index is 12.4. The van der Waals surface area contributed by atoms with Crippen LogP contribution in [0.4, 0.5) is 0 Å². The number of nitrogens with two attached hydrogens (primary N) is 2. The van der Waals surface area contributed by atoms with E-state index in [-0.39, 0.29) is 6.42 Å². The quantitative estimate of drug-likeness (QED) is 0.144. The topological polar surface area (TPSA) is 260 Å². The maximum atomic E-state index is 12.4. The summed E-state index contributed by atoms with van der Waals surface area (Å²) in [6, 6.07) is -5.60. The summed E-state index contributed by atoms with van der Waals surface area (Å²) < 4.78 is 0. The number of aliphatic carboxylic acids is 2. The zero-order valence-electron chi connectivity index (χ0n) is 17.0. The molecule has 1 aromatic rings. The molecule has 176 valence electrons. The van der Waals surface area contributed by atoms with Crippen molar-refractivity contribution in [1.29, 1.82) is 0 Å². The van der Waals surface area contributed by atoms with Crippen LogP contribution in [0.5, 0.6) is 0 Å². The van der Waals surface area contributed by atoms with Crippen molar-refractivity contribution < 1.29 is 39.0 Å². The van der Waals surface area contributed by atoms with Crippen molar-refractivity contribution in [3.63, 3.8) is 0 Å². The van der Waals surface area contributed by atoms with Crippen LogP contribution in [0.3, 0.4) is 0 Å². The molecule has 15 nitrogen and oxygen atoms in total. The number of hydrogen-bond donors (Lipinski definition) is 8. The number of amides is 4. The van der Waals surface area contributed by atoms with E-state index in [1.54, 1.807) is 0 Å². The third kappa shape index (κ3) is 8.78. The van der Waals surface area contributed by atoms with Crippen LogP contribution in [0, 0.1) is 0 Å². The maximum Gasteiger partial charge on any atom is 0.326 e. The van der Waals surface area contributed by atoms with Gasteiger partial charge in [0.05, 0.1) is 25.2 Å². The van der Waals surface area contributed by atoms with Crippen LogP contribution in [0.15, 0.2) is 12.5 Å². The number of H-pyrrole nitrogens is 1. The smallest absolute Gasteiger partial charge is 0.326 e. The average molecular weight is 455 g/mol.